The molecule has 2 heteroatoms. The third-order valence-electron chi connectivity index (χ3n) is 3.70. The highest BCUT2D eigenvalue weighted by molar-refractivity contribution is 4.79. The van der Waals surface area contributed by atoms with E-state index in [1.165, 1.54) is 51.7 Å². The zero-order chi connectivity index (χ0) is 9.10. The van der Waals surface area contributed by atoms with E-state index < -0.39 is 0 Å². The molecule has 1 heterocycles. The highest BCUT2D eigenvalue weighted by atomic mass is 15.1. The van der Waals surface area contributed by atoms with Gasteiger partial charge in [0.15, 0.2) is 0 Å². The van der Waals surface area contributed by atoms with E-state index >= 15 is 0 Å². The molecule has 0 spiro atoms. The van der Waals surface area contributed by atoms with Crippen molar-refractivity contribution in [2.45, 2.75) is 38.1 Å². The predicted molar refractivity (Wildman–Crippen MR) is 55.9 cm³/mol. The van der Waals surface area contributed by atoms with Gasteiger partial charge in [-0.1, -0.05) is 12.8 Å². The Bertz CT molecular complexity index is 148. The second-order valence-corrected chi connectivity index (χ2v) is 4.73. The van der Waals surface area contributed by atoms with Crippen LogP contribution in [0.25, 0.3) is 0 Å². The van der Waals surface area contributed by atoms with Crippen LogP contribution in [0.5, 0.6) is 0 Å². The van der Waals surface area contributed by atoms with Gasteiger partial charge in [-0.05, 0) is 51.9 Å². The molecule has 2 nitrogen and oxygen atoms in total. The van der Waals surface area contributed by atoms with Crippen LogP contribution in [0.3, 0.4) is 0 Å². The minimum atomic E-state index is 0.910. The standard InChI is InChI=1S/C11H22N2/c1-13(11-4-2-3-5-11)7-6-10-8-12-9-10/h10-12H,2-9H2,1H3. The van der Waals surface area contributed by atoms with Crippen LogP contribution in [0.1, 0.15) is 32.1 Å². The number of hydrogen-bond acceptors (Lipinski definition) is 2. The van der Waals surface area contributed by atoms with Crippen molar-refractivity contribution in [1.82, 2.24) is 10.2 Å². The zero-order valence-corrected chi connectivity index (χ0v) is 8.76. The molecule has 0 unspecified atom stereocenters. The number of rotatable bonds is 4. The van der Waals surface area contributed by atoms with Crippen LogP contribution in [0.2, 0.25) is 0 Å². The molecule has 76 valence electrons. The summed E-state index contributed by atoms with van der Waals surface area (Å²) < 4.78 is 0. The first kappa shape index (κ1) is 9.47. The van der Waals surface area contributed by atoms with Crippen LogP contribution in [0.4, 0.5) is 0 Å². The van der Waals surface area contributed by atoms with Crippen molar-refractivity contribution in [2.75, 3.05) is 26.7 Å². The molecule has 2 fully saturated rings. The molecule has 0 atom stereocenters. The molecule has 1 aliphatic heterocycles. The Kier molecular flexibility index (Phi) is 3.23. The zero-order valence-electron chi connectivity index (χ0n) is 8.76. The van der Waals surface area contributed by atoms with Gasteiger partial charge in [0, 0.05) is 6.04 Å². The quantitative estimate of drug-likeness (QED) is 0.708. The highest BCUT2D eigenvalue weighted by Crippen LogP contribution is 2.23. The van der Waals surface area contributed by atoms with E-state index in [9.17, 15) is 0 Å². The second-order valence-electron chi connectivity index (χ2n) is 4.73. The van der Waals surface area contributed by atoms with Crippen molar-refractivity contribution >= 4 is 0 Å². The van der Waals surface area contributed by atoms with E-state index in [4.69, 9.17) is 0 Å². The smallest absolute Gasteiger partial charge is 0.00922 e. The van der Waals surface area contributed by atoms with Gasteiger partial charge in [-0.25, -0.2) is 0 Å². The Hall–Kier alpha value is -0.0800. The van der Waals surface area contributed by atoms with Crippen molar-refractivity contribution in [3.63, 3.8) is 0 Å². The van der Waals surface area contributed by atoms with Gasteiger partial charge in [-0.3, -0.25) is 0 Å². The largest absolute Gasteiger partial charge is 0.316 e. The molecule has 1 aliphatic carbocycles. The molecule has 2 rings (SSSR count). The van der Waals surface area contributed by atoms with Crippen LogP contribution in [-0.2, 0) is 0 Å². The second kappa shape index (κ2) is 4.43. The van der Waals surface area contributed by atoms with Crippen molar-refractivity contribution in [2.24, 2.45) is 5.92 Å². The molecule has 1 saturated heterocycles. The first-order valence-electron chi connectivity index (χ1n) is 5.77. The van der Waals surface area contributed by atoms with Crippen LogP contribution >= 0.6 is 0 Å². The summed E-state index contributed by atoms with van der Waals surface area (Å²) in [6, 6.07) is 0.910. The monoisotopic (exact) mass is 182 g/mol. The first-order valence-corrected chi connectivity index (χ1v) is 5.77. The summed E-state index contributed by atoms with van der Waals surface area (Å²) in [7, 11) is 2.31. The molecule has 0 aromatic rings. The molecular formula is C11H22N2. The summed E-state index contributed by atoms with van der Waals surface area (Å²) in [5.41, 5.74) is 0. The summed E-state index contributed by atoms with van der Waals surface area (Å²) in [5, 5.41) is 3.34. The molecule has 2 aliphatic rings. The Labute approximate surface area is 81.7 Å². The van der Waals surface area contributed by atoms with E-state index in [0.717, 1.165) is 12.0 Å². The Morgan fingerprint density at radius 3 is 2.46 bits per heavy atom. The van der Waals surface area contributed by atoms with Gasteiger partial charge in [0.1, 0.15) is 0 Å². The minimum absolute atomic E-state index is 0.910. The Morgan fingerprint density at radius 1 is 1.23 bits per heavy atom. The maximum absolute atomic E-state index is 3.34. The molecule has 1 N–H and O–H groups in total. The first-order chi connectivity index (χ1) is 6.36. The SMILES string of the molecule is CN(CCC1CNC1)C1CCCC1. The highest BCUT2D eigenvalue weighted by Gasteiger charge is 2.21. The normalized spacial score (nSPS) is 25.4. The third kappa shape index (κ3) is 2.44. The van der Waals surface area contributed by atoms with E-state index in [-0.39, 0.29) is 0 Å². The molecular weight excluding hydrogens is 160 g/mol. The molecule has 0 aromatic carbocycles. The fraction of sp³-hybridized carbons (Fsp3) is 1.00. The minimum Gasteiger partial charge on any atom is -0.316 e. The number of nitrogens with zero attached hydrogens (tertiary/aromatic N) is 1. The molecule has 0 bridgehead atoms. The maximum Gasteiger partial charge on any atom is 0.00922 e. The number of nitrogens with one attached hydrogen (secondary N) is 1. The predicted octanol–water partition coefficient (Wildman–Crippen LogP) is 1.47. The molecule has 0 amide bonds. The van der Waals surface area contributed by atoms with Crippen LogP contribution in [-0.4, -0.2) is 37.6 Å². The average molecular weight is 182 g/mol. The van der Waals surface area contributed by atoms with Gasteiger partial charge in [0.2, 0.25) is 0 Å². The third-order valence-corrected chi connectivity index (χ3v) is 3.70. The summed E-state index contributed by atoms with van der Waals surface area (Å²) in [6.07, 6.45) is 7.21. The van der Waals surface area contributed by atoms with Gasteiger partial charge < -0.3 is 10.2 Å². The van der Waals surface area contributed by atoms with Crippen molar-refractivity contribution in [3.8, 4) is 0 Å². The van der Waals surface area contributed by atoms with Gasteiger partial charge in [0.05, 0.1) is 0 Å². The van der Waals surface area contributed by atoms with E-state index in [2.05, 4.69) is 17.3 Å². The molecule has 13 heavy (non-hydrogen) atoms. The van der Waals surface area contributed by atoms with E-state index in [1.54, 1.807) is 0 Å². The lowest BCUT2D eigenvalue weighted by Crippen LogP contribution is -2.44. The Balaban J connectivity index is 1.62. The lowest BCUT2D eigenvalue weighted by Gasteiger charge is -2.31. The van der Waals surface area contributed by atoms with Crippen molar-refractivity contribution in [1.29, 1.82) is 0 Å². The molecule has 0 radical (unpaired) electrons. The fourth-order valence-corrected chi connectivity index (χ4v) is 2.47. The van der Waals surface area contributed by atoms with E-state index in [0.29, 0.717) is 0 Å². The summed E-state index contributed by atoms with van der Waals surface area (Å²) in [5.74, 6) is 0.976. The summed E-state index contributed by atoms with van der Waals surface area (Å²) in [6.45, 7) is 3.84. The van der Waals surface area contributed by atoms with Crippen LogP contribution in [0.15, 0.2) is 0 Å². The summed E-state index contributed by atoms with van der Waals surface area (Å²) >= 11 is 0. The van der Waals surface area contributed by atoms with Gasteiger partial charge in [-0.15, -0.1) is 0 Å². The van der Waals surface area contributed by atoms with Gasteiger partial charge in [-0.2, -0.15) is 0 Å². The van der Waals surface area contributed by atoms with Crippen molar-refractivity contribution in [3.05, 3.63) is 0 Å². The van der Waals surface area contributed by atoms with Gasteiger partial charge >= 0.3 is 0 Å². The summed E-state index contributed by atoms with van der Waals surface area (Å²) in [4.78, 5) is 2.59. The van der Waals surface area contributed by atoms with Crippen LogP contribution in [0, 0.1) is 5.92 Å². The Morgan fingerprint density at radius 2 is 1.92 bits per heavy atom. The lowest BCUT2D eigenvalue weighted by atomic mass is 9.99. The van der Waals surface area contributed by atoms with Gasteiger partial charge in [0.25, 0.3) is 0 Å². The van der Waals surface area contributed by atoms with Crippen molar-refractivity contribution < 1.29 is 0 Å². The molecule has 0 aromatic heterocycles. The van der Waals surface area contributed by atoms with Crippen LogP contribution < -0.4 is 5.32 Å². The topological polar surface area (TPSA) is 15.3 Å². The maximum atomic E-state index is 3.34. The fourth-order valence-electron chi connectivity index (χ4n) is 2.47. The average Bonchev–Trinajstić information content (AvgIpc) is 2.52. The van der Waals surface area contributed by atoms with E-state index in [1.807, 2.05) is 0 Å². The number of hydrogen-bond donors (Lipinski definition) is 1. The lowest BCUT2D eigenvalue weighted by molar-refractivity contribution is 0.208. The molecule has 1 saturated carbocycles.